The lowest BCUT2D eigenvalue weighted by Crippen LogP contribution is -2.52. The van der Waals surface area contributed by atoms with Gasteiger partial charge in [-0.1, -0.05) is 54.1 Å². The number of hydrogen-bond acceptors (Lipinski definition) is 3. The quantitative estimate of drug-likeness (QED) is 0.424. The molecule has 1 aromatic heterocycles. The molecule has 0 unspecified atom stereocenters. The maximum atomic E-state index is 13.6. The third-order valence-electron chi connectivity index (χ3n) is 4.87. The SMILES string of the molecule is CNC(=O)N[C@@](Cc1ccccc1)(c1cccc(OC(F)(F)C(F)F)c1)c1ccc(Cl)cn1. The molecule has 0 aliphatic heterocycles. The van der Waals surface area contributed by atoms with Gasteiger partial charge in [-0.3, -0.25) is 4.98 Å². The van der Waals surface area contributed by atoms with Crippen LogP contribution in [-0.2, 0) is 12.0 Å². The Morgan fingerprint density at radius 3 is 2.42 bits per heavy atom. The van der Waals surface area contributed by atoms with E-state index in [1.807, 2.05) is 18.2 Å². The van der Waals surface area contributed by atoms with Gasteiger partial charge in [0.15, 0.2) is 0 Å². The number of carbonyl (C=O) groups excluding carboxylic acids is 1. The summed E-state index contributed by atoms with van der Waals surface area (Å²) in [5.41, 5.74) is 0.0327. The second-order valence-electron chi connectivity index (χ2n) is 7.13. The van der Waals surface area contributed by atoms with Gasteiger partial charge in [0.2, 0.25) is 0 Å². The molecule has 174 valence electrons. The molecule has 1 heterocycles. The number of amides is 2. The Balaban J connectivity index is 2.19. The summed E-state index contributed by atoms with van der Waals surface area (Å²) in [6, 6.07) is 16.9. The highest BCUT2D eigenvalue weighted by molar-refractivity contribution is 6.30. The van der Waals surface area contributed by atoms with Gasteiger partial charge in [-0.25, -0.2) is 4.79 Å². The number of alkyl halides is 4. The first-order valence-corrected chi connectivity index (χ1v) is 10.2. The van der Waals surface area contributed by atoms with E-state index in [0.29, 0.717) is 10.7 Å². The molecule has 2 aromatic carbocycles. The zero-order valence-electron chi connectivity index (χ0n) is 17.4. The van der Waals surface area contributed by atoms with Crippen molar-refractivity contribution in [3.8, 4) is 5.75 Å². The summed E-state index contributed by atoms with van der Waals surface area (Å²) in [6.07, 6.45) is -7.16. The summed E-state index contributed by atoms with van der Waals surface area (Å²) in [6.45, 7) is 0. The Labute approximate surface area is 192 Å². The van der Waals surface area contributed by atoms with Crippen molar-refractivity contribution in [2.75, 3.05) is 7.05 Å². The number of carbonyl (C=O) groups is 1. The minimum Gasteiger partial charge on any atom is -0.428 e. The smallest absolute Gasteiger partial charge is 0.428 e. The van der Waals surface area contributed by atoms with Crippen LogP contribution in [0.25, 0.3) is 0 Å². The van der Waals surface area contributed by atoms with Crippen LogP contribution in [0, 0.1) is 0 Å². The number of hydrogen-bond donors (Lipinski definition) is 2. The van der Waals surface area contributed by atoms with E-state index in [1.54, 1.807) is 30.3 Å². The molecule has 0 aliphatic rings. The zero-order valence-corrected chi connectivity index (χ0v) is 18.1. The number of rotatable bonds is 8. The van der Waals surface area contributed by atoms with Crippen molar-refractivity contribution in [1.82, 2.24) is 15.6 Å². The highest BCUT2D eigenvalue weighted by Crippen LogP contribution is 2.36. The molecule has 0 saturated carbocycles. The van der Waals surface area contributed by atoms with Gasteiger partial charge in [0.05, 0.1) is 10.7 Å². The molecule has 0 saturated heterocycles. The number of ether oxygens (including phenoxy) is 1. The Hall–Kier alpha value is -3.33. The molecule has 0 spiro atoms. The first-order chi connectivity index (χ1) is 15.7. The first-order valence-electron chi connectivity index (χ1n) is 9.77. The van der Waals surface area contributed by atoms with Gasteiger partial charge in [-0.05, 0) is 35.4 Å². The lowest BCUT2D eigenvalue weighted by Gasteiger charge is -2.35. The number of benzene rings is 2. The van der Waals surface area contributed by atoms with Gasteiger partial charge in [0, 0.05) is 19.7 Å². The third kappa shape index (κ3) is 5.73. The van der Waals surface area contributed by atoms with Gasteiger partial charge < -0.3 is 15.4 Å². The molecule has 0 bridgehead atoms. The van der Waals surface area contributed by atoms with E-state index in [0.717, 1.165) is 11.6 Å². The number of nitrogens with zero attached hydrogens (tertiary/aromatic N) is 1. The number of urea groups is 1. The normalized spacial score (nSPS) is 13.3. The summed E-state index contributed by atoms with van der Waals surface area (Å²) < 4.78 is 56.8. The molecule has 2 amide bonds. The molecule has 1 atom stereocenters. The van der Waals surface area contributed by atoms with Crippen molar-refractivity contribution in [2.45, 2.75) is 24.5 Å². The number of halogens is 5. The Morgan fingerprint density at radius 2 is 1.82 bits per heavy atom. The van der Waals surface area contributed by atoms with E-state index >= 15 is 0 Å². The molecule has 0 radical (unpaired) electrons. The van der Waals surface area contributed by atoms with Crippen LogP contribution >= 0.6 is 11.6 Å². The van der Waals surface area contributed by atoms with Crippen molar-refractivity contribution < 1.29 is 27.1 Å². The fraction of sp³-hybridized carbons (Fsp3) is 0.217. The van der Waals surface area contributed by atoms with Crippen LogP contribution in [0.4, 0.5) is 22.4 Å². The average Bonchev–Trinajstić information content (AvgIpc) is 2.79. The van der Waals surface area contributed by atoms with Crippen LogP contribution in [0.3, 0.4) is 0 Å². The lowest BCUT2D eigenvalue weighted by molar-refractivity contribution is -0.253. The number of pyridine rings is 1. The zero-order chi connectivity index (χ0) is 24.1. The highest BCUT2D eigenvalue weighted by atomic mass is 35.5. The van der Waals surface area contributed by atoms with Crippen LogP contribution in [-0.4, -0.2) is 30.6 Å². The maximum absolute atomic E-state index is 13.6. The van der Waals surface area contributed by atoms with Crippen molar-refractivity contribution >= 4 is 17.6 Å². The van der Waals surface area contributed by atoms with E-state index in [1.165, 1.54) is 25.4 Å². The summed E-state index contributed by atoms with van der Waals surface area (Å²) in [4.78, 5) is 16.9. The molecular weight excluding hydrogens is 462 g/mol. The van der Waals surface area contributed by atoms with Gasteiger partial charge in [-0.2, -0.15) is 17.6 Å². The van der Waals surface area contributed by atoms with Gasteiger partial charge >= 0.3 is 18.6 Å². The van der Waals surface area contributed by atoms with Crippen LogP contribution in [0.5, 0.6) is 5.75 Å². The molecule has 33 heavy (non-hydrogen) atoms. The van der Waals surface area contributed by atoms with Crippen LogP contribution in [0.15, 0.2) is 72.9 Å². The highest BCUT2D eigenvalue weighted by Gasteiger charge is 2.44. The lowest BCUT2D eigenvalue weighted by atomic mass is 9.80. The van der Waals surface area contributed by atoms with Crippen molar-refractivity contribution in [3.63, 3.8) is 0 Å². The third-order valence-corrected chi connectivity index (χ3v) is 5.09. The first kappa shape index (κ1) is 24.3. The summed E-state index contributed by atoms with van der Waals surface area (Å²) in [5, 5.41) is 5.67. The molecule has 0 fully saturated rings. The molecule has 10 heteroatoms. The summed E-state index contributed by atoms with van der Waals surface area (Å²) in [5.74, 6) is -0.497. The largest absolute Gasteiger partial charge is 0.461 e. The number of nitrogens with one attached hydrogen (secondary N) is 2. The molecule has 0 aliphatic carbocycles. The number of aromatic nitrogens is 1. The average molecular weight is 482 g/mol. The van der Waals surface area contributed by atoms with Crippen LogP contribution < -0.4 is 15.4 Å². The fourth-order valence-electron chi connectivity index (χ4n) is 3.33. The topological polar surface area (TPSA) is 63.2 Å². The van der Waals surface area contributed by atoms with E-state index in [4.69, 9.17) is 11.6 Å². The van der Waals surface area contributed by atoms with Gasteiger partial charge in [-0.15, -0.1) is 0 Å². The minimum atomic E-state index is -4.69. The molecule has 2 N–H and O–H groups in total. The van der Waals surface area contributed by atoms with Gasteiger partial charge in [0.1, 0.15) is 11.3 Å². The Morgan fingerprint density at radius 1 is 1.09 bits per heavy atom. The minimum absolute atomic E-state index is 0.157. The predicted molar refractivity (Wildman–Crippen MR) is 116 cm³/mol. The van der Waals surface area contributed by atoms with Crippen LogP contribution in [0.1, 0.15) is 16.8 Å². The summed E-state index contributed by atoms with van der Waals surface area (Å²) >= 11 is 5.99. The van der Waals surface area contributed by atoms with Crippen molar-refractivity contribution in [1.29, 1.82) is 0 Å². The second-order valence-corrected chi connectivity index (χ2v) is 7.56. The Kier molecular flexibility index (Phi) is 7.43. The van der Waals surface area contributed by atoms with E-state index in [-0.39, 0.29) is 12.0 Å². The molecular formula is C23H20ClF4N3O2. The Bertz CT molecular complexity index is 1080. The fourth-order valence-corrected chi connectivity index (χ4v) is 3.45. The monoisotopic (exact) mass is 481 g/mol. The molecule has 3 aromatic rings. The molecule has 5 nitrogen and oxygen atoms in total. The van der Waals surface area contributed by atoms with E-state index in [2.05, 4.69) is 20.4 Å². The second kappa shape index (κ2) is 10.1. The maximum Gasteiger partial charge on any atom is 0.461 e. The summed E-state index contributed by atoms with van der Waals surface area (Å²) in [7, 11) is 1.42. The van der Waals surface area contributed by atoms with Crippen molar-refractivity contribution in [3.05, 3.63) is 94.8 Å². The molecule has 3 rings (SSSR count). The van der Waals surface area contributed by atoms with E-state index < -0.39 is 29.9 Å². The van der Waals surface area contributed by atoms with Crippen LogP contribution in [0.2, 0.25) is 5.02 Å². The van der Waals surface area contributed by atoms with E-state index in [9.17, 15) is 22.4 Å². The standard InChI is InChI=1S/C23H20ClF4N3O2/c1-29-21(32)31-22(13-15-6-3-2-4-7-15,19-11-10-17(24)14-30-19)16-8-5-9-18(12-16)33-23(27,28)20(25)26/h2-12,14,20H,13H2,1H3,(H2,29,31,32)/t22-/m0/s1. The van der Waals surface area contributed by atoms with Gasteiger partial charge in [0.25, 0.3) is 0 Å². The predicted octanol–water partition coefficient (Wildman–Crippen LogP) is 5.39. The van der Waals surface area contributed by atoms with Crippen molar-refractivity contribution in [2.24, 2.45) is 0 Å².